The molecule has 7 heteroatoms. The zero-order valence-corrected chi connectivity index (χ0v) is 10.4. The quantitative estimate of drug-likeness (QED) is 0.619. The Balaban J connectivity index is 2.46. The fourth-order valence-corrected chi connectivity index (χ4v) is 1.31. The minimum absolute atomic E-state index is 0.0615. The number of carboxylic acids is 1. The Morgan fingerprint density at radius 3 is 2.60 bits per heavy atom. The number of rotatable bonds is 7. The van der Waals surface area contributed by atoms with Crippen molar-refractivity contribution in [2.45, 2.75) is 6.18 Å². The monoisotopic (exact) mass is 290 g/mol. The van der Waals surface area contributed by atoms with Crippen molar-refractivity contribution in [2.24, 2.45) is 0 Å². The van der Waals surface area contributed by atoms with Gasteiger partial charge in [0.25, 0.3) is 0 Å². The van der Waals surface area contributed by atoms with Gasteiger partial charge in [0.05, 0.1) is 6.61 Å². The zero-order valence-electron chi connectivity index (χ0n) is 10.4. The van der Waals surface area contributed by atoms with Crippen LogP contribution >= 0.6 is 0 Å². The van der Waals surface area contributed by atoms with Gasteiger partial charge in [-0.3, -0.25) is 0 Å². The predicted octanol–water partition coefficient (Wildman–Crippen LogP) is 2.74. The molecule has 110 valence electrons. The third kappa shape index (κ3) is 6.79. The standard InChI is InChI=1S/C13H13F3O4/c14-13(15,16)9-19-7-8-20-11-4-2-1-3-10(11)5-6-12(17)18/h1-6H,7-9H2,(H,17,18). The normalized spacial score (nSPS) is 11.8. The second-order valence-corrected chi connectivity index (χ2v) is 3.73. The molecule has 0 aliphatic heterocycles. The molecule has 20 heavy (non-hydrogen) atoms. The van der Waals surface area contributed by atoms with Crippen LogP contribution < -0.4 is 4.74 Å². The van der Waals surface area contributed by atoms with Gasteiger partial charge in [0.1, 0.15) is 19.0 Å². The second kappa shape index (κ2) is 7.54. The van der Waals surface area contributed by atoms with Gasteiger partial charge >= 0.3 is 12.1 Å². The summed E-state index contributed by atoms with van der Waals surface area (Å²) in [6, 6.07) is 6.58. The molecule has 1 aromatic rings. The van der Waals surface area contributed by atoms with Crippen molar-refractivity contribution in [3.63, 3.8) is 0 Å². The van der Waals surface area contributed by atoms with Gasteiger partial charge in [-0.05, 0) is 12.1 Å². The van der Waals surface area contributed by atoms with E-state index in [4.69, 9.17) is 9.84 Å². The van der Waals surface area contributed by atoms with E-state index in [1.807, 2.05) is 0 Å². The number of alkyl halides is 3. The van der Waals surface area contributed by atoms with E-state index in [1.54, 1.807) is 24.3 Å². The summed E-state index contributed by atoms with van der Waals surface area (Å²) >= 11 is 0. The first-order valence-corrected chi connectivity index (χ1v) is 5.66. The second-order valence-electron chi connectivity index (χ2n) is 3.73. The Morgan fingerprint density at radius 1 is 1.25 bits per heavy atom. The van der Waals surface area contributed by atoms with E-state index in [1.165, 1.54) is 6.08 Å². The van der Waals surface area contributed by atoms with Crippen molar-refractivity contribution in [1.29, 1.82) is 0 Å². The molecule has 0 bridgehead atoms. The molecule has 0 saturated carbocycles. The van der Waals surface area contributed by atoms with Crippen molar-refractivity contribution in [1.82, 2.24) is 0 Å². The van der Waals surface area contributed by atoms with Gasteiger partial charge in [0, 0.05) is 11.6 Å². The Bertz CT molecular complexity index is 469. The Kier molecular flexibility index (Phi) is 6.05. The molecule has 1 rings (SSSR count). The van der Waals surface area contributed by atoms with Gasteiger partial charge in [-0.1, -0.05) is 18.2 Å². The van der Waals surface area contributed by atoms with Crippen LogP contribution in [0, 0.1) is 0 Å². The maximum absolute atomic E-state index is 11.8. The number of halogens is 3. The molecule has 0 unspecified atom stereocenters. The first kappa shape index (κ1) is 16.0. The number of hydrogen-bond donors (Lipinski definition) is 1. The number of para-hydroxylation sites is 1. The number of ether oxygens (including phenoxy) is 2. The Labute approximate surface area is 113 Å². The molecular formula is C13H13F3O4. The SMILES string of the molecule is O=C(O)C=Cc1ccccc1OCCOCC(F)(F)F. The van der Waals surface area contributed by atoms with E-state index < -0.39 is 18.8 Å². The van der Waals surface area contributed by atoms with Crippen molar-refractivity contribution in [3.8, 4) is 5.75 Å². The van der Waals surface area contributed by atoms with Gasteiger partial charge < -0.3 is 14.6 Å². The number of carbonyl (C=O) groups is 1. The molecule has 4 nitrogen and oxygen atoms in total. The Morgan fingerprint density at radius 2 is 1.95 bits per heavy atom. The molecule has 0 radical (unpaired) electrons. The lowest BCUT2D eigenvalue weighted by atomic mass is 10.2. The highest BCUT2D eigenvalue weighted by Gasteiger charge is 2.27. The Hall–Kier alpha value is -2.02. The van der Waals surface area contributed by atoms with Crippen LogP contribution in [0.25, 0.3) is 6.08 Å². The van der Waals surface area contributed by atoms with Crippen LogP contribution in [-0.4, -0.2) is 37.1 Å². The van der Waals surface area contributed by atoms with Crippen LogP contribution in [0.1, 0.15) is 5.56 Å². The molecule has 0 aliphatic rings. The minimum Gasteiger partial charge on any atom is -0.491 e. The lowest BCUT2D eigenvalue weighted by Crippen LogP contribution is -2.19. The molecular weight excluding hydrogens is 277 g/mol. The number of carboxylic acid groups (broad SMARTS) is 1. The summed E-state index contributed by atoms with van der Waals surface area (Å²) < 4.78 is 45.1. The van der Waals surface area contributed by atoms with Crippen molar-refractivity contribution >= 4 is 12.0 Å². The van der Waals surface area contributed by atoms with Crippen LogP contribution in [0.4, 0.5) is 13.2 Å². The molecule has 0 saturated heterocycles. The highest BCUT2D eigenvalue weighted by Crippen LogP contribution is 2.19. The fourth-order valence-electron chi connectivity index (χ4n) is 1.31. The van der Waals surface area contributed by atoms with Crippen LogP contribution in [0.3, 0.4) is 0 Å². The third-order valence-electron chi connectivity index (χ3n) is 2.08. The molecule has 0 aromatic heterocycles. The number of hydrogen-bond acceptors (Lipinski definition) is 3. The number of aliphatic carboxylic acids is 1. The van der Waals surface area contributed by atoms with E-state index in [2.05, 4.69) is 4.74 Å². The summed E-state index contributed by atoms with van der Waals surface area (Å²) in [6.45, 7) is -1.60. The first-order chi connectivity index (χ1) is 9.38. The molecule has 0 amide bonds. The van der Waals surface area contributed by atoms with E-state index in [-0.39, 0.29) is 13.2 Å². The predicted molar refractivity (Wildman–Crippen MR) is 65.5 cm³/mol. The summed E-state index contributed by atoms with van der Waals surface area (Å²) in [4.78, 5) is 10.4. The molecule has 0 fully saturated rings. The first-order valence-electron chi connectivity index (χ1n) is 5.66. The van der Waals surface area contributed by atoms with Gasteiger partial charge in [-0.2, -0.15) is 13.2 Å². The lowest BCUT2D eigenvalue weighted by molar-refractivity contribution is -0.175. The average molecular weight is 290 g/mol. The molecule has 0 aliphatic carbocycles. The third-order valence-corrected chi connectivity index (χ3v) is 2.08. The van der Waals surface area contributed by atoms with Crippen LogP contribution in [0.15, 0.2) is 30.3 Å². The van der Waals surface area contributed by atoms with Gasteiger partial charge in [-0.25, -0.2) is 4.79 Å². The smallest absolute Gasteiger partial charge is 0.411 e. The van der Waals surface area contributed by atoms with Crippen molar-refractivity contribution in [3.05, 3.63) is 35.9 Å². The maximum Gasteiger partial charge on any atom is 0.411 e. The summed E-state index contributed by atoms with van der Waals surface area (Å²) in [7, 11) is 0. The molecule has 1 aromatic carbocycles. The lowest BCUT2D eigenvalue weighted by Gasteiger charge is -2.10. The topological polar surface area (TPSA) is 55.8 Å². The fraction of sp³-hybridized carbons (Fsp3) is 0.308. The largest absolute Gasteiger partial charge is 0.491 e. The van der Waals surface area contributed by atoms with E-state index in [9.17, 15) is 18.0 Å². The van der Waals surface area contributed by atoms with Gasteiger partial charge in [-0.15, -0.1) is 0 Å². The van der Waals surface area contributed by atoms with E-state index in [0.29, 0.717) is 11.3 Å². The van der Waals surface area contributed by atoms with Crippen molar-refractivity contribution < 1.29 is 32.5 Å². The zero-order chi connectivity index (χ0) is 15.0. The number of benzene rings is 1. The van der Waals surface area contributed by atoms with Crippen LogP contribution in [0.5, 0.6) is 5.75 Å². The molecule has 0 atom stereocenters. The molecule has 0 heterocycles. The molecule has 0 spiro atoms. The van der Waals surface area contributed by atoms with Crippen LogP contribution in [-0.2, 0) is 9.53 Å². The summed E-state index contributed by atoms with van der Waals surface area (Å²) in [5.74, 6) is -0.728. The summed E-state index contributed by atoms with van der Waals surface area (Å²) in [6.07, 6.45) is -2.07. The van der Waals surface area contributed by atoms with Crippen molar-refractivity contribution in [2.75, 3.05) is 19.8 Å². The van der Waals surface area contributed by atoms with Gasteiger partial charge in [0.2, 0.25) is 0 Å². The molecule has 1 N–H and O–H groups in total. The highest BCUT2D eigenvalue weighted by molar-refractivity contribution is 5.85. The minimum atomic E-state index is -4.36. The maximum atomic E-state index is 11.8. The summed E-state index contributed by atoms with van der Waals surface area (Å²) in [5, 5.41) is 8.53. The summed E-state index contributed by atoms with van der Waals surface area (Å²) in [5.41, 5.74) is 0.519. The van der Waals surface area contributed by atoms with E-state index >= 15 is 0 Å². The average Bonchev–Trinajstić information content (AvgIpc) is 2.35. The highest BCUT2D eigenvalue weighted by atomic mass is 19.4. The van der Waals surface area contributed by atoms with Gasteiger partial charge in [0.15, 0.2) is 0 Å². The van der Waals surface area contributed by atoms with E-state index in [0.717, 1.165) is 6.08 Å². The van der Waals surface area contributed by atoms with Crippen LogP contribution in [0.2, 0.25) is 0 Å².